The second-order valence-corrected chi connectivity index (χ2v) is 5.67. The quantitative estimate of drug-likeness (QED) is 0.805. The van der Waals surface area contributed by atoms with Crippen LogP contribution in [0.15, 0.2) is 12.3 Å². The van der Waals surface area contributed by atoms with Gasteiger partial charge in [-0.2, -0.15) is 5.10 Å². The van der Waals surface area contributed by atoms with Crippen molar-refractivity contribution in [1.82, 2.24) is 15.1 Å². The summed E-state index contributed by atoms with van der Waals surface area (Å²) in [6, 6.07) is 2.52. The van der Waals surface area contributed by atoms with E-state index < -0.39 is 11.5 Å². The lowest BCUT2D eigenvalue weighted by molar-refractivity contribution is -0.145. The Bertz CT molecular complexity index is 446. The Morgan fingerprint density at radius 1 is 1.45 bits per heavy atom. The smallest absolute Gasteiger partial charge is 0.323 e. The zero-order valence-corrected chi connectivity index (χ0v) is 12.4. The first-order chi connectivity index (χ1) is 9.61. The van der Waals surface area contributed by atoms with E-state index in [0.717, 1.165) is 5.69 Å². The summed E-state index contributed by atoms with van der Waals surface area (Å²) in [5.74, 6) is -0.780. The highest BCUT2D eigenvalue weighted by atomic mass is 16.4. The molecule has 1 aromatic rings. The molecule has 1 saturated carbocycles. The molecule has 0 saturated heterocycles. The highest BCUT2D eigenvalue weighted by molar-refractivity contribution is 5.78. The predicted molar refractivity (Wildman–Crippen MR) is 77.5 cm³/mol. The van der Waals surface area contributed by atoms with Crippen LogP contribution in [-0.4, -0.2) is 26.4 Å². The minimum absolute atomic E-state index is 0.508. The van der Waals surface area contributed by atoms with Gasteiger partial charge in [-0.15, -0.1) is 0 Å². The summed E-state index contributed by atoms with van der Waals surface area (Å²) >= 11 is 0. The van der Waals surface area contributed by atoms with Crippen LogP contribution in [0.2, 0.25) is 0 Å². The Balaban J connectivity index is 1.98. The number of aliphatic carboxylic acids is 1. The average molecular weight is 279 g/mol. The Hall–Kier alpha value is -1.36. The fourth-order valence-corrected chi connectivity index (χ4v) is 2.98. The van der Waals surface area contributed by atoms with Gasteiger partial charge in [0.1, 0.15) is 5.54 Å². The monoisotopic (exact) mass is 279 g/mol. The van der Waals surface area contributed by atoms with Crippen molar-refractivity contribution < 1.29 is 9.90 Å². The number of aromatic nitrogens is 2. The summed E-state index contributed by atoms with van der Waals surface area (Å²) in [7, 11) is 0. The molecule has 0 aromatic carbocycles. The molecule has 0 unspecified atom stereocenters. The van der Waals surface area contributed by atoms with E-state index in [-0.39, 0.29) is 0 Å². The normalized spacial score (nSPS) is 16.7. The fourth-order valence-electron chi connectivity index (χ4n) is 2.98. The molecule has 1 fully saturated rings. The number of nitrogens with one attached hydrogen (secondary N) is 1. The first-order valence-electron chi connectivity index (χ1n) is 7.63. The topological polar surface area (TPSA) is 67.2 Å². The molecule has 0 radical (unpaired) electrons. The zero-order chi connectivity index (χ0) is 14.6. The van der Waals surface area contributed by atoms with E-state index in [0.29, 0.717) is 25.4 Å². The van der Waals surface area contributed by atoms with Crippen molar-refractivity contribution >= 4 is 5.97 Å². The second-order valence-electron chi connectivity index (χ2n) is 5.67. The lowest BCUT2D eigenvalue weighted by atomic mass is 9.93. The minimum Gasteiger partial charge on any atom is -0.480 e. The average Bonchev–Trinajstić information content (AvgIpc) is 3.11. The van der Waals surface area contributed by atoms with Gasteiger partial charge in [-0.1, -0.05) is 26.7 Å². The van der Waals surface area contributed by atoms with E-state index in [1.165, 1.54) is 25.7 Å². The van der Waals surface area contributed by atoms with E-state index in [4.69, 9.17) is 0 Å². The van der Waals surface area contributed by atoms with Gasteiger partial charge in [-0.05, 0) is 31.7 Å². The summed E-state index contributed by atoms with van der Waals surface area (Å²) in [5.41, 5.74) is 0.0846. The highest BCUT2D eigenvalue weighted by Gasteiger charge is 2.34. The van der Waals surface area contributed by atoms with Crippen molar-refractivity contribution in [1.29, 1.82) is 0 Å². The molecule has 0 atom stereocenters. The largest absolute Gasteiger partial charge is 0.480 e. The van der Waals surface area contributed by atoms with Gasteiger partial charge in [0, 0.05) is 12.7 Å². The summed E-state index contributed by atoms with van der Waals surface area (Å²) in [5, 5.41) is 17.2. The van der Waals surface area contributed by atoms with Crippen LogP contribution in [0.25, 0.3) is 0 Å². The van der Waals surface area contributed by atoms with Crippen LogP contribution < -0.4 is 5.32 Å². The lowest BCUT2D eigenvalue weighted by Crippen LogP contribution is -2.50. The molecule has 0 bridgehead atoms. The molecule has 1 aromatic heterocycles. The first-order valence-corrected chi connectivity index (χ1v) is 7.63. The molecule has 1 aliphatic carbocycles. The zero-order valence-electron chi connectivity index (χ0n) is 12.4. The van der Waals surface area contributed by atoms with Gasteiger partial charge in [-0.3, -0.25) is 14.8 Å². The third-order valence-electron chi connectivity index (χ3n) is 4.59. The van der Waals surface area contributed by atoms with Crippen LogP contribution in [0.4, 0.5) is 0 Å². The van der Waals surface area contributed by atoms with Crippen molar-refractivity contribution in [2.45, 2.75) is 70.5 Å². The van der Waals surface area contributed by atoms with Gasteiger partial charge in [-0.25, -0.2) is 0 Å². The number of carboxylic acids is 1. The van der Waals surface area contributed by atoms with Crippen LogP contribution in [0.3, 0.4) is 0 Å². The Kier molecular flexibility index (Phi) is 4.81. The van der Waals surface area contributed by atoms with Crippen molar-refractivity contribution in [3.63, 3.8) is 0 Å². The Labute approximate surface area is 120 Å². The van der Waals surface area contributed by atoms with Crippen LogP contribution in [0.1, 0.15) is 64.1 Å². The van der Waals surface area contributed by atoms with E-state index >= 15 is 0 Å². The van der Waals surface area contributed by atoms with Crippen LogP contribution in [0, 0.1) is 0 Å². The minimum atomic E-state index is -0.836. The highest BCUT2D eigenvalue weighted by Crippen LogP contribution is 2.28. The van der Waals surface area contributed by atoms with Crippen molar-refractivity contribution in [3.05, 3.63) is 18.0 Å². The number of hydrogen-bond donors (Lipinski definition) is 2. The SMILES string of the molecule is CCC(CC)(NCc1ccn(C2CCCC2)n1)C(=O)O. The van der Waals surface area contributed by atoms with E-state index in [1.807, 2.05) is 30.8 Å². The summed E-state index contributed by atoms with van der Waals surface area (Å²) in [6.07, 6.45) is 8.14. The number of nitrogens with zero attached hydrogens (tertiary/aromatic N) is 2. The molecule has 20 heavy (non-hydrogen) atoms. The second kappa shape index (κ2) is 6.39. The van der Waals surface area contributed by atoms with Crippen LogP contribution >= 0.6 is 0 Å². The standard InChI is InChI=1S/C15H25N3O2/c1-3-15(4-2,14(19)20)16-11-12-9-10-18(17-12)13-7-5-6-8-13/h9-10,13,16H,3-8,11H2,1-2H3,(H,19,20). The number of carboxylic acid groups (broad SMARTS) is 1. The lowest BCUT2D eigenvalue weighted by Gasteiger charge is -2.27. The van der Waals surface area contributed by atoms with Crippen LogP contribution in [-0.2, 0) is 11.3 Å². The summed E-state index contributed by atoms with van der Waals surface area (Å²) < 4.78 is 2.05. The Morgan fingerprint density at radius 2 is 2.10 bits per heavy atom. The molecule has 0 aliphatic heterocycles. The summed E-state index contributed by atoms with van der Waals surface area (Å²) in [6.45, 7) is 4.32. The van der Waals surface area contributed by atoms with Crippen LogP contribution in [0.5, 0.6) is 0 Å². The molecular weight excluding hydrogens is 254 g/mol. The van der Waals surface area contributed by atoms with Crippen molar-refractivity contribution in [2.75, 3.05) is 0 Å². The predicted octanol–water partition coefficient (Wildman–Crippen LogP) is 2.73. The molecule has 2 N–H and O–H groups in total. The number of carbonyl (C=O) groups is 1. The van der Waals surface area contributed by atoms with Gasteiger partial charge in [0.25, 0.3) is 0 Å². The van der Waals surface area contributed by atoms with Gasteiger partial charge >= 0.3 is 5.97 Å². The van der Waals surface area contributed by atoms with Crippen molar-refractivity contribution in [3.8, 4) is 0 Å². The molecule has 1 aliphatic rings. The molecular formula is C15H25N3O2. The number of rotatable bonds is 7. The maximum Gasteiger partial charge on any atom is 0.323 e. The molecule has 1 heterocycles. The third-order valence-corrected chi connectivity index (χ3v) is 4.59. The van der Waals surface area contributed by atoms with Crippen molar-refractivity contribution in [2.24, 2.45) is 0 Å². The Morgan fingerprint density at radius 3 is 2.65 bits per heavy atom. The molecule has 5 heteroatoms. The molecule has 0 spiro atoms. The van der Waals surface area contributed by atoms with Gasteiger partial charge in [0.05, 0.1) is 11.7 Å². The van der Waals surface area contributed by atoms with Gasteiger partial charge in [0.15, 0.2) is 0 Å². The number of hydrogen-bond acceptors (Lipinski definition) is 3. The molecule has 112 valence electrons. The molecule has 2 rings (SSSR count). The van der Waals surface area contributed by atoms with E-state index in [2.05, 4.69) is 10.4 Å². The fraction of sp³-hybridized carbons (Fsp3) is 0.733. The van der Waals surface area contributed by atoms with E-state index in [1.54, 1.807) is 0 Å². The molecule has 0 amide bonds. The third kappa shape index (κ3) is 3.03. The van der Waals surface area contributed by atoms with Gasteiger partial charge in [0.2, 0.25) is 0 Å². The first kappa shape index (κ1) is 15.0. The maximum absolute atomic E-state index is 11.4. The van der Waals surface area contributed by atoms with E-state index in [9.17, 15) is 9.90 Å². The summed E-state index contributed by atoms with van der Waals surface area (Å²) in [4.78, 5) is 11.4. The maximum atomic E-state index is 11.4. The molecule has 5 nitrogen and oxygen atoms in total. The van der Waals surface area contributed by atoms with Gasteiger partial charge < -0.3 is 5.11 Å².